The molecule has 11 nitrogen and oxygen atoms in total. The Morgan fingerprint density at radius 3 is 1.08 bits per heavy atom. The van der Waals surface area contributed by atoms with E-state index in [4.69, 9.17) is 0 Å². The van der Waals surface area contributed by atoms with Gasteiger partial charge in [0.25, 0.3) is 29.5 Å². The van der Waals surface area contributed by atoms with Crippen LogP contribution in [0.25, 0.3) is 0 Å². The summed E-state index contributed by atoms with van der Waals surface area (Å²) in [5.41, 5.74) is 0. The second kappa shape index (κ2) is 9.81. The standard InChI is InChI=1S/C21H16F2O11S4/c22-20(23,38(31,32)33)19(24)34-21(35(25,26)16-10-4-1-5-11-16,36(27,28)17-12-6-2-7-13-17)37(29,30)18-14-8-3-9-15-18/h1-15H,(H,31,32,33)/p-1. The quantitative estimate of drug-likeness (QED) is 0.254. The Hall–Kier alpha value is -3.25. The average Bonchev–Trinajstić information content (AvgIpc) is 2.87. The molecule has 0 aliphatic rings. The minimum absolute atomic E-state index is 0.682. The number of hydrogen-bond acceptors (Lipinski definition) is 11. The predicted molar refractivity (Wildman–Crippen MR) is 124 cm³/mol. The number of halogens is 2. The van der Waals surface area contributed by atoms with Gasteiger partial charge in [-0.15, -0.1) is 0 Å². The molecule has 3 rings (SSSR count). The zero-order valence-corrected chi connectivity index (χ0v) is 21.8. The molecule has 0 amide bonds. The van der Waals surface area contributed by atoms with Gasteiger partial charge in [0.05, 0.1) is 14.7 Å². The Bertz CT molecular complexity index is 1610. The first-order chi connectivity index (χ1) is 17.4. The van der Waals surface area contributed by atoms with E-state index in [1.165, 1.54) is 18.2 Å². The summed E-state index contributed by atoms with van der Waals surface area (Å²) in [6, 6.07) is 13.9. The molecule has 0 spiro atoms. The van der Waals surface area contributed by atoms with Gasteiger partial charge in [0.15, 0.2) is 10.1 Å². The number of alkyl halides is 2. The molecule has 3 aromatic carbocycles. The van der Waals surface area contributed by atoms with Crippen LogP contribution in [0.3, 0.4) is 0 Å². The molecular formula is C21H15F2O11S4-. The molecule has 3 aromatic rings. The van der Waals surface area contributed by atoms with Crippen molar-refractivity contribution >= 4 is 45.6 Å². The molecule has 0 saturated carbocycles. The van der Waals surface area contributed by atoms with E-state index in [-0.39, 0.29) is 0 Å². The van der Waals surface area contributed by atoms with Crippen molar-refractivity contribution in [2.24, 2.45) is 0 Å². The molecule has 17 heteroatoms. The molecule has 0 fully saturated rings. The summed E-state index contributed by atoms with van der Waals surface area (Å²) in [4.78, 5) is 9.04. The number of sulfone groups is 3. The second-order valence-electron chi connectivity index (χ2n) is 7.31. The highest BCUT2D eigenvalue weighted by atomic mass is 32.3. The van der Waals surface area contributed by atoms with E-state index < -0.39 is 69.1 Å². The summed E-state index contributed by atoms with van der Waals surface area (Å²) >= 11 is 0. The van der Waals surface area contributed by atoms with Crippen molar-refractivity contribution in [1.29, 1.82) is 0 Å². The van der Waals surface area contributed by atoms with E-state index in [0.29, 0.717) is 36.4 Å². The first-order valence-corrected chi connectivity index (χ1v) is 15.8. The predicted octanol–water partition coefficient (Wildman–Crippen LogP) is 1.70. The lowest BCUT2D eigenvalue weighted by molar-refractivity contribution is -0.162. The van der Waals surface area contributed by atoms with Crippen LogP contribution in [0, 0.1) is 0 Å². The van der Waals surface area contributed by atoms with Gasteiger partial charge in [-0.05, 0) is 36.4 Å². The summed E-state index contributed by atoms with van der Waals surface area (Å²) < 4.78 is 144. The van der Waals surface area contributed by atoms with Gasteiger partial charge >= 0.3 is 14.8 Å². The van der Waals surface area contributed by atoms with Crippen LogP contribution in [0.4, 0.5) is 8.78 Å². The van der Waals surface area contributed by atoms with E-state index in [9.17, 15) is 51.8 Å². The molecule has 38 heavy (non-hydrogen) atoms. The van der Waals surface area contributed by atoms with Crippen LogP contribution in [0.1, 0.15) is 0 Å². The number of carbonyl (C=O) groups excluding carboxylic acids is 1. The van der Waals surface area contributed by atoms with Crippen molar-refractivity contribution in [2.45, 2.75) is 23.5 Å². The topological polar surface area (TPSA) is 186 Å². The maximum atomic E-state index is 14.3. The van der Waals surface area contributed by atoms with Gasteiger partial charge in [-0.3, -0.25) is 0 Å². The molecule has 0 aliphatic carbocycles. The fraction of sp³-hybridized carbons (Fsp3) is 0.0952. The monoisotopic (exact) mass is 609 g/mol. The molecule has 0 unspecified atom stereocenters. The van der Waals surface area contributed by atoms with Gasteiger partial charge < -0.3 is 9.29 Å². The fourth-order valence-corrected chi connectivity index (χ4v) is 11.5. The maximum absolute atomic E-state index is 14.3. The fourth-order valence-electron chi connectivity index (χ4n) is 3.10. The smallest absolute Gasteiger partial charge is 0.429 e. The van der Waals surface area contributed by atoms with Gasteiger partial charge in [0.1, 0.15) is 0 Å². The molecule has 0 saturated heterocycles. The highest BCUT2D eigenvalue weighted by Crippen LogP contribution is 2.45. The van der Waals surface area contributed by atoms with Crippen molar-refractivity contribution in [2.75, 3.05) is 0 Å². The molecule has 0 aromatic heterocycles. The lowest BCUT2D eigenvalue weighted by atomic mass is 10.4. The van der Waals surface area contributed by atoms with E-state index in [0.717, 1.165) is 36.4 Å². The van der Waals surface area contributed by atoms with E-state index in [1.54, 1.807) is 0 Å². The number of ether oxygens (including phenoxy) is 1. The second-order valence-corrected chi connectivity index (χ2v) is 15.7. The Balaban J connectivity index is 2.60. The van der Waals surface area contributed by atoms with Crippen molar-refractivity contribution in [1.82, 2.24) is 0 Å². The maximum Gasteiger partial charge on any atom is 0.429 e. The van der Waals surface area contributed by atoms with Crippen LogP contribution in [-0.2, 0) is 49.2 Å². The Morgan fingerprint density at radius 1 is 0.579 bits per heavy atom. The molecule has 0 atom stereocenters. The van der Waals surface area contributed by atoms with Gasteiger partial charge in [0.2, 0.25) is 0 Å². The van der Waals surface area contributed by atoms with Crippen molar-refractivity contribution in [3.63, 3.8) is 0 Å². The summed E-state index contributed by atoms with van der Waals surface area (Å²) in [6.45, 7) is 0. The molecule has 0 bridgehead atoms. The zero-order chi connectivity index (χ0) is 28.6. The van der Waals surface area contributed by atoms with Gasteiger partial charge in [-0.25, -0.2) is 38.5 Å². The number of hydrogen-bond donors (Lipinski definition) is 0. The van der Waals surface area contributed by atoms with Crippen molar-refractivity contribution in [3.8, 4) is 0 Å². The molecule has 0 aliphatic heterocycles. The van der Waals surface area contributed by atoms with E-state index >= 15 is 0 Å². The lowest BCUT2D eigenvalue weighted by Crippen LogP contribution is -2.58. The summed E-state index contributed by atoms with van der Waals surface area (Å²) in [7, 11) is -25.3. The minimum atomic E-state index is -6.95. The summed E-state index contributed by atoms with van der Waals surface area (Å²) in [5, 5.41) is -6.09. The van der Waals surface area contributed by atoms with E-state index in [2.05, 4.69) is 4.74 Å². The van der Waals surface area contributed by atoms with Gasteiger partial charge in [-0.2, -0.15) is 8.78 Å². The molecule has 0 N–H and O–H groups in total. The zero-order valence-electron chi connectivity index (χ0n) is 18.5. The average molecular weight is 610 g/mol. The van der Waals surface area contributed by atoms with Gasteiger partial charge in [0, 0.05) is 0 Å². The number of carbonyl (C=O) groups is 1. The Labute approximate surface area is 216 Å². The Kier molecular flexibility index (Phi) is 7.56. The van der Waals surface area contributed by atoms with Crippen LogP contribution in [0.2, 0.25) is 0 Å². The van der Waals surface area contributed by atoms with E-state index in [1.807, 2.05) is 0 Å². The van der Waals surface area contributed by atoms with Crippen LogP contribution >= 0.6 is 0 Å². The molecule has 204 valence electrons. The lowest BCUT2D eigenvalue weighted by Gasteiger charge is -2.33. The SMILES string of the molecule is O=C(OC(S(=O)(=O)c1ccccc1)(S(=O)(=O)c1ccccc1)S(=O)(=O)c1ccccc1)C(F)(F)S(=O)(=O)[O-]. The van der Waals surface area contributed by atoms with Gasteiger partial charge in [-0.1, -0.05) is 54.6 Å². The summed E-state index contributed by atoms with van der Waals surface area (Å²) in [6.07, 6.45) is 0. The number of esters is 1. The molecule has 0 radical (unpaired) electrons. The third-order valence-corrected chi connectivity index (χ3v) is 14.6. The largest absolute Gasteiger partial charge is 0.743 e. The first-order valence-electron chi connectivity index (χ1n) is 9.90. The minimum Gasteiger partial charge on any atom is -0.743 e. The molecule has 0 heterocycles. The van der Waals surface area contributed by atoms with Crippen LogP contribution < -0.4 is 0 Å². The number of benzene rings is 3. The van der Waals surface area contributed by atoms with Crippen LogP contribution in [-0.4, -0.2) is 53.0 Å². The third-order valence-electron chi connectivity index (χ3n) is 4.92. The first kappa shape index (κ1) is 29.3. The third kappa shape index (κ3) is 4.49. The van der Waals surface area contributed by atoms with Crippen LogP contribution in [0.15, 0.2) is 106 Å². The highest BCUT2D eigenvalue weighted by molar-refractivity contribution is 8.25. The normalized spacial score (nSPS) is 13.6. The number of rotatable bonds is 9. The molecular weight excluding hydrogens is 594 g/mol. The summed E-state index contributed by atoms with van der Waals surface area (Å²) in [5.74, 6) is -3.55. The van der Waals surface area contributed by atoms with Crippen LogP contribution in [0.5, 0.6) is 0 Å². The Morgan fingerprint density at radius 2 is 0.842 bits per heavy atom. The highest BCUT2D eigenvalue weighted by Gasteiger charge is 2.72. The van der Waals surface area contributed by atoms with Crippen molar-refractivity contribution in [3.05, 3.63) is 91.0 Å². The van der Waals surface area contributed by atoms with Crippen molar-refractivity contribution < 1.29 is 56.5 Å².